The zero-order valence-corrected chi connectivity index (χ0v) is 15.4. The van der Waals surface area contributed by atoms with E-state index in [0.717, 1.165) is 5.57 Å². The normalized spacial score (nSPS) is 34.1. The van der Waals surface area contributed by atoms with Gasteiger partial charge < -0.3 is 19.7 Å². The van der Waals surface area contributed by atoms with Crippen LogP contribution in [0.25, 0.3) is 0 Å². The van der Waals surface area contributed by atoms with Gasteiger partial charge in [0, 0.05) is 17.6 Å². The lowest BCUT2D eigenvalue weighted by Gasteiger charge is -2.28. The summed E-state index contributed by atoms with van der Waals surface area (Å²) in [6.45, 7) is 8.74. The minimum atomic E-state index is -0.779. The fourth-order valence-electron chi connectivity index (χ4n) is 3.22. The first-order chi connectivity index (χ1) is 12.3. The highest BCUT2D eigenvalue weighted by atomic mass is 16.6. The van der Waals surface area contributed by atoms with Crippen LogP contribution in [-0.2, 0) is 19.1 Å². The Morgan fingerprint density at radius 2 is 2.12 bits per heavy atom. The Bertz CT molecular complexity index is 684. The number of esters is 2. The summed E-state index contributed by atoms with van der Waals surface area (Å²) in [5.41, 5.74) is 2.05. The minimum Gasteiger partial charge on any atom is -0.458 e. The van der Waals surface area contributed by atoms with Crippen LogP contribution in [-0.4, -0.2) is 47.1 Å². The van der Waals surface area contributed by atoms with E-state index >= 15 is 0 Å². The van der Waals surface area contributed by atoms with E-state index in [0.29, 0.717) is 17.6 Å². The number of carbonyl (C=O) groups excluding carboxylic acids is 2. The summed E-state index contributed by atoms with van der Waals surface area (Å²) >= 11 is 0. The number of fused-ring (bicyclic) bond motifs is 1. The van der Waals surface area contributed by atoms with Gasteiger partial charge in [-0.1, -0.05) is 24.3 Å². The number of aliphatic hydroxyl groups excluding tert-OH is 2. The molecule has 0 aromatic rings. The van der Waals surface area contributed by atoms with E-state index in [-0.39, 0.29) is 18.6 Å². The third-order valence-corrected chi connectivity index (χ3v) is 4.75. The molecule has 1 aliphatic heterocycles. The van der Waals surface area contributed by atoms with E-state index in [4.69, 9.17) is 9.47 Å². The molecule has 1 fully saturated rings. The molecule has 0 aromatic heterocycles. The van der Waals surface area contributed by atoms with Crippen molar-refractivity contribution in [2.24, 2.45) is 5.92 Å². The molecule has 0 bridgehead atoms. The molecule has 1 aliphatic carbocycles. The Hall–Kier alpha value is -2.18. The molecule has 1 heterocycles. The topological polar surface area (TPSA) is 93.1 Å². The van der Waals surface area contributed by atoms with E-state index in [1.165, 1.54) is 0 Å². The average Bonchev–Trinajstić information content (AvgIpc) is 2.85. The number of hydrogen-bond acceptors (Lipinski definition) is 6. The lowest BCUT2D eigenvalue weighted by Crippen LogP contribution is -2.34. The Labute approximate surface area is 153 Å². The van der Waals surface area contributed by atoms with E-state index < -0.39 is 36.2 Å². The second kappa shape index (κ2) is 8.47. The number of allylic oxidation sites excluding steroid dienone is 1. The van der Waals surface area contributed by atoms with Crippen molar-refractivity contribution in [3.8, 4) is 0 Å². The molecule has 142 valence electrons. The zero-order chi connectivity index (χ0) is 19.4. The van der Waals surface area contributed by atoms with Crippen molar-refractivity contribution in [3.63, 3.8) is 0 Å². The Kier molecular flexibility index (Phi) is 6.56. The molecule has 0 radical (unpaired) electrons. The second-order valence-electron chi connectivity index (χ2n) is 6.81. The third kappa shape index (κ3) is 4.51. The first-order valence-corrected chi connectivity index (χ1v) is 8.66. The fourth-order valence-corrected chi connectivity index (χ4v) is 3.22. The van der Waals surface area contributed by atoms with Gasteiger partial charge in [0.25, 0.3) is 0 Å². The Morgan fingerprint density at radius 3 is 2.73 bits per heavy atom. The predicted octanol–water partition coefficient (Wildman–Crippen LogP) is 1.98. The van der Waals surface area contributed by atoms with Crippen molar-refractivity contribution < 1.29 is 29.3 Å². The van der Waals surface area contributed by atoms with Crippen LogP contribution in [0.3, 0.4) is 0 Å². The average molecular weight is 362 g/mol. The molecule has 6 heteroatoms. The number of hydrogen-bond donors (Lipinski definition) is 2. The summed E-state index contributed by atoms with van der Waals surface area (Å²) in [4.78, 5) is 24.4. The van der Waals surface area contributed by atoms with E-state index in [2.05, 4.69) is 6.58 Å². The number of aliphatic hydroxyl groups is 2. The van der Waals surface area contributed by atoms with Crippen molar-refractivity contribution in [2.75, 3.05) is 6.61 Å². The molecular formula is C20H26O6. The highest BCUT2D eigenvalue weighted by Crippen LogP contribution is 2.36. The highest BCUT2D eigenvalue weighted by molar-refractivity contribution is 5.92. The molecule has 26 heavy (non-hydrogen) atoms. The van der Waals surface area contributed by atoms with Crippen molar-refractivity contribution in [2.45, 2.75) is 51.9 Å². The molecule has 0 aromatic carbocycles. The zero-order valence-electron chi connectivity index (χ0n) is 15.4. The highest BCUT2D eigenvalue weighted by Gasteiger charge is 2.44. The summed E-state index contributed by atoms with van der Waals surface area (Å²) in [5.74, 6) is -1.57. The van der Waals surface area contributed by atoms with Gasteiger partial charge in [0.15, 0.2) is 0 Å². The SMILES string of the molecule is C=C1C(=O)O[C@@H]2/C=C(/C)C[C@@H](O)/C=C(/CO)C[C@@H](OC(=O)/C(C)=C/C)[C@@H]12. The van der Waals surface area contributed by atoms with Crippen molar-refractivity contribution in [3.05, 3.63) is 47.1 Å². The molecule has 2 N–H and O–H groups in total. The van der Waals surface area contributed by atoms with E-state index in [1.807, 2.05) is 6.92 Å². The van der Waals surface area contributed by atoms with Crippen molar-refractivity contribution in [1.82, 2.24) is 0 Å². The van der Waals surface area contributed by atoms with Crippen LogP contribution in [0.1, 0.15) is 33.6 Å². The smallest absolute Gasteiger partial charge is 0.334 e. The molecule has 2 rings (SSSR count). The van der Waals surface area contributed by atoms with Crippen molar-refractivity contribution >= 4 is 11.9 Å². The maximum Gasteiger partial charge on any atom is 0.334 e. The standard InChI is InChI=1S/C20H26O6/c1-5-12(3)19(23)25-17-9-14(10-21)8-15(22)6-11(2)7-16-18(17)13(4)20(24)26-16/h5,7-8,15-18,21-22H,4,6,9-10H2,1-3H3/b11-7-,12-5+,14-8+/t15-,16-,17-,18+/m1/s1. The number of rotatable bonds is 3. The van der Waals surface area contributed by atoms with Gasteiger partial charge in [-0.3, -0.25) is 0 Å². The molecule has 0 unspecified atom stereocenters. The van der Waals surface area contributed by atoms with Gasteiger partial charge in [-0.05, 0) is 38.8 Å². The molecule has 0 spiro atoms. The largest absolute Gasteiger partial charge is 0.458 e. The quantitative estimate of drug-likeness (QED) is 0.453. The van der Waals surface area contributed by atoms with Gasteiger partial charge in [0.1, 0.15) is 12.2 Å². The Balaban J connectivity index is 2.45. The lowest BCUT2D eigenvalue weighted by atomic mass is 9.85. The Morgan fingerprint density at radius 1 is 1.42 bits per heavy atom. The monoisotopic (exact) mass is 362 g/mol. The van der Waals surface area contributed by atoms with Crippen LogP contribution < -0.4 is 0 Å². The van der Waals surface area contributed by atoms with Gasteiger partial charge in [-0.2, -0.15) is 0 Å². The maximum atomic E-state index is 12.3. The molecule has 6 nitrogen and oxygen atoms in total. The summed E-state index contributed by atoms with van der Waals surface area (Å²) in [6.07, 6.45) is 3.38. The first-order valence-electron chi connectivity index (χ1n) is 8.66. The summed E-state index contributed by atoms with van der Waals surface area (Å²) in [5, 5.41) is 19.8. The first kappa shape index (κ1) is 20.1. The van der Waals surface area contributed by atoms with E-state index in [9.17, 15) is 19.8 Å². The van der Waals surface area contributed by atoms with Crippen LogP contribution in [0.5, 0.6) is 0 Å². The van der Waals surface area contributed by atoms with Gasteiger partial charge in [0.05, 0.1) is 18.6 Å². The van der Waals surface area contributed by atoms with Crippen LogP contribution in [0, 0.1) is 5.92 Å². The predicted molar refractivity (Wildman–Crippen MR) is 96.0 cm³/mol. The third-order valence-electron chi connectivity index (χ3n) is 4.75. The van der Waals surface area contributed by atoms with Gasteiger partial charge in [-0.25, -0.2) is 9.59 Å². The van der Waals surface area contributed by atoms with Crippen LogP contribution in [0.2, 0.25) is 0 Å². The molecule has 2 aliphatic rings. The van der Waals surface area contributed by atoms with Crippen molar-refractivity contribution in [1.29, 1.82) is 0 Å². The number of carbonyl (C=O) groups is 2. The van der Waals surface area contributed by atoms with Crippen LogP contribution >= 0.6 is 0 Å². The second-order valence-corrected chi connectivity index (χ2v) is 6.81. The number of ether oxygens (including phenoxy) is 2. The van der Waals surface area contributed by atoms with Gasteiger partial charge in [0.2, 0.25) is 0 Å². The molecule has 0 saturated carbocycles. The summed E-state index contributed by atoms with van der Waals surface area (Å²) < 4.78 is 11.0. The lowest BCUT2D eigenvalue weighted by molar-refractivity contribution is -0.147. The molecule has 4 atom stereocenters. The van der Waals surface area contributed by atoms with Gasteiger partial charge in [-0.15, -0.1) is 0 Å². The molecular weight excluding hydrogens is 336 g/mol. The molecule has 1 saturated heterocycles. The van der Waals surface area contributed by atoms with E-state index in [1.54, 1.807) is 32.1 Å². The van der Waals surface area contributed by atoms with Crippen LogP contribution in [0.4, 0.5) is 0 Å². The fraction of sp³-hybridized carbons (Fsp3) is 0.500. The molecule has 0 amide bonds. The maximum absolute atomic E-state index is 12.3. The summed E-state index contributed by atoms with van der Waals surface area (Å²) in [6, 6.07) is 0. The summed E-state index contributed by atoms with van der Waals surface area (Å²) in [7, 11) is 0. The van der Waals surface area contributed by atoms with Crippen LogP contribution in [0.15, 0.2) is 47.1 Å². The van der Waals surface area contributed by atoms with Gasteiger partial charge >= 0.3 is 11.9 Å². The minimum absolute atomic E-state index is 0.181.